The number of aryl methyl sites for hydroxylation is 1. The molecule has 6 nitrogen and oxygen atoms in total. The molecule has 0 N–H and O–H groups in total. The van der Waals surface area contributed by atoms with E-state index in [1.54, 1.807) is 6.33 Å². The molecule has 2 aromatic rings. The van der Waals surface area contributed by atoms with E-state index in [0.717, 1.165) is 50.2 Å². The van der Waals surface area contributed by atoms with Crippen molar-refractivity contribution in [2.75, 3.05) is 13.1 Å². The monoisotopic (exact) mass is 396 g/mol. The van der Waals surface area contributed by atoms with Gasteiger partial charge in [-0.25, -0.2) is 17.2 Å². The quantitative estimate of drug-likeness (QED) is 0.779. The lowest BCUT2D eigenvalue weighted by Crippen LogP contribution is -2.38. The highest BCUT2D eigenvalue weighted by molar-refractivity contribution is 7.89. The SMILES string of the molecule is CCCn1cnnc1C1CN(S(=O)(=O)c2cc(F)cc(F)c2)CC12CCC2. The van der Waals surface area contributed by atoms with Gasteiger partial charge in [-0.3, -0.25) is 0 Å². The third-order valence-electron chi connectivity index (χ3n) is 5.86. The molecular weight excluding hydrogens is 374 g/mol. The van der Waals surface area contributed by atoms with Gasteiger partial charge in [-0.2, -0.15) is 4.31 Å². The Balaban J connectivity index is 1.69. The van der Waals surface area contributed by atoms with Gasteiger partial charge in [0.15, 0.2) is 0 Å². The maximum Gasteiger partial charge on any atom is 0.243 e. The molecule has 4 rings (SSSR count). The van der Waals surface area contributed by atoms with Gasteiger partial charge in [0.05, 0.1) is 4.90 Å². The van der Waals surface area contributed by atoms with E-state index in [1.807, 2.05) is 4.57 Å². The van der Waals surface area contributed by atoms with Crippen LogP contribution in [0.4, 0.5) is 8.78 Å². The summed E-state index contributed by atoms with van der Waals surface area (Å²) in [5.74, 6) is -1.05. The van der Waals surface area contributed by atoms with Gasteiger partial charge < -0.3 is 4.57 Å². The highest BCUT2D eigenvalue weighted by atomic mass is 32.2. The number of aromatic nitrogens is 3. The van der Waals surface area contributed by atoms with Crippen LogP contribution in [0, 0.1) is 17.0 Å². The van der Waals surface area contributed by atoms with Gasteiger partial charge in [0.25, 0.3) is 0 Å². The van der Waals surface area contributed by atoms with E-state index in [0.29, 0.717) is 12.6 Å². The molecule has 2 aliphatic rings. The van der Waals surface area contributed by atoms with Gasteiger partial charge >= 0.3 is 0 Å². The molecule has 9 heteroatoms. The van der Waals surface area contributed by atoms with Crippen molar-refractivity contribution in [1.29, 1.82) is 0 Å². The van der Waals surface area contributed by atoms with Crippen LogP contribution in [-0.4, -0.2) is 40.6 Å². The van der Waals surface area contributed by atoms with Crippen LogP contribution in [0.25, 0.3) is 0 Å². The zero-order valence-electron chi connectivity index (χ0n) is 15.1. The highest BCUT2D eigenvalue weighted by Gasteiger charge is 2.55. The van der Waals surface area contributed by atoms with Gasteiger partial charge in [0, 0.05) is 31.6 Å². The Hall–Kier alpha value is -1.87. The number of nitrogens with zero attached hydrogens (tertiary/aromatic N) is 4. The molecule has 1 spiro atoms. The summed E-state index contributed by atoms with van der Waals surface area (Å²) in [6, 6.07) is 2.42. The summed E-state index contributed by atoms with van der Waals surface area (Å²) in [6.45, 7) is 3.43. The zero-order chi connectivity index (χ0) is 19.2. The number of hydrogen-bond donors (Lipinski definition) is 0. The van der Waals surface area contributed by atoms with E-state index in [4.69, 9.17) is 0 Å². The standard InChI is InChI=1S/C18H22F2N4O2S/c1-2-6-23-12-21-22-17(23)16-10-24(11-18(16)4-3-5-18)27(25,26)15-8-13(19)7-14(20)9-15/h7-9,12,16H,2-6,10-11H2,1H3. The molecule has 27 heavy (non-hydrogen) atoms. The largest absolute Gasteiger partial charge is 0.317 e. The van der Waals surface area contributed by atoms with Crippen molar-refractivity contribution in [2.45, 2.75) is 50.0 Å². The zero-order valence-corrected chi connectivity index (χ0v) is 15.9. The second-order valence-corrected chi connectivity index (χ2v) is 9.49. The number of hydrogen-bond acceptors (Lipinski definition) is 4. The van der Waals surface area contributed by atoms with E-state index < -0.39 is 21.7 Å². The molecule has 2 fully saturated rings. The van der Waals surface area contributed by atoms with Crippen molar-refractivity contribution in [2.24, 2.45) is 5.41 Å². The van der Waals surface area contributed by atoms with Crippen LogP contribution in [0.2, 0.25) is 0 Å². The Kier molecular flexibility index (Phi) is 4.54. The number of sulfonamides is 1. The first kappa shape index (κ1) is 18.5. The lowest BCUT2D eigenvalue weighted by Gasteiger charge is -2.42. The molecule has 1 saturated heterocycles. The highest BCUT2D eigenvalue weighted by Crippen LogP contribution is 2.56. The van der Waals surface area contributed by atoms with E-state index >= 15 is 0 Å². The van der Waals surface area contributed by atoms with Crippen molar-refractivity contribution in [3.63, 3.8) is 0 Å². The normalized spacial score (nSPS) is 22.3. The van der Waals surface area contributed by atoms with Crippen molar-refractivity contribution >= 4 is 10.0 Å². The van der Waals surface area contributed by atoms with Crippen LogP contribution < -0.4 is 0 Å². The first-order chi connectivity index (χ1) is 12.9. The smallest absolute Gasteiger partial charge is 0.243 e. The van der Waals surface area contributed by atoms with E-state index in [-0.39, 0.29) is 22.8 Å². The Morgan fingerprint density at radius 2 is 1.93 bits per heavy atom. The van der Waals surface area contributed by atoms with Crippen LogP contribution >= 0.6 is 0 Å². The fraction of sp³-hybridized carbons (Fsp3) is 0.556. The lowest BCUT2D eigenvalue weighted by atomic mass is 9.62. The summed E-state index contributed by atoms with van der Waals surface area (Å²) in [5.41, 5.74) is -0.169. The van der Waals surface area contributed by atoms with Gasteiger partial charge in [0.1, 0.15) is 23.8 Å². The summed E-state index contributed by atoms with van der Waals surface area (Å²) in [7, 11) is -3.98. The van der Waals surface area contributed by atoms with Crippen molar-refractivity contribution in [1.82, 2.24) is 19.1 Å². The Labute approximate surface area is 157 Å². The minimum absolute atomic E-state index is 0.0616. The summed E-state index contributed by atoms with van der Waals surface area (Å²) in [4.78, 5) is -0.342. The lowest BCUT2D eigenvalue weighted by molar-refractivity contribution is 0.125. The maximum absolute atomic E-state index is 13.6. The molecule has 1 atom stereocenters. The van der Waals surface area contributed by atoms with Crippen molar-refractivity contribution in [3.8, 4) is 0 Å². The summed E-state index contributed by atoms with van der Waals surface area (Å²) in [6.07, 6.45) is 5.49. The summed E-state index contributed by atoms with van der Waals surface area (Å²) < 4.78 is 56.6. The molecule has 1 aliphatic heterocycles. The Morgan fingerprint density at radius 1 is 1.22 bits per heavy atom. The van der Waals surface area contributed by atoms with Crippen LogP contribution in [0.5, 0.6) is 0 Å². The average Bonchev–Trinajstić information content (AvgIpc) is 3.18. The van der Waals surface area contributed by atoms with Gasteiger partial charge in [-0.05, 0) is 36.8 Å². The topological polar surface area (TPSA) is 68.1 Å². The average molecular weight is 396 g/mol. The molecule has 1 aliphatic carbocycles. The van der Waals surface area contributed by atoms with Crippen LogP contribution in [0.15, 0.2) is 29.4 Å². The third kappa shape index (κ3) is 3.06. The second-order valence-electron chi connectivity index (χ2n) is 7.55. The number of rotatable bonds is 5. The van der Waals surface area contributed by atoms with E-state index in [1.165, 1.54) is 4.31 Å². The van der Waals surface area contributed by atoms with Crippen LogP contribution in [-0.2, 0) is 16.6 Å². The molecule has 1 aromatic carbocycles. The van der Waals surface area contributed by atoms with Crippen molar-refractivity contribution in [3.05, 3.63) is 42.0 Å². The van der Waals surface area contributed by atoms with E-state index in [2.05, 4.69) is 17.1 Å². The first-order valence-corrected chi connectivity index (χ1v) is 10.6. The maximum atomic E-state index is 13.6. The summed E-state index contributed by atoms with van der Waals surface area (Å²) >= 11 is 0. The van der Waals surface area contributed by atoms with E-state index in [9.17, 15) is 17.2 Å². The molecule has 146 valence electrons. The number of halogens is 2. The van der Waals surface area contributed by atoms with Gasteiger partial charge in [-0.1, -0.05) is 13.3 Å². The third-order valence-corrected chi connectivity index (χ3v) is 7.65. The van der Waals surface area contributed by atoms with Gasteiger partial charge in [0.2, 0.25) is 10.0 Å². The minimum atomic E-state index is -3.98. The van der Waals surface area contributed by atoms with Crippen molar-refractivity contribution < 1.29 is 17.2 Å². The number of benzene rings is 1. The molecule has 2 heterocycles. The fourth-order valence-corrected chi connectivity index (χ4v) is 5.97. The second kappa shape index (κ2) is 6.63. The molecule has 0 radical (unpaired) electrons. The summed E-state index contributed by atoms with van der Waals surface area (Å²) in [5, 5.41) is 8.31. The molecule has 1 saturated carbocycles. The molecule has 0 amide bonds. The molecule has 1 unspecified atom stereocenters. The molecule has 0 bridgehead atoms. The van der Waals surface area contributed by atoms with Crippen LogP contribution in [0.3, 0.4) is 0 Å². The molecular formula is C18H22F2N4O2S. The first-order valence-electron chi connectivity index (χ1n) is 9.20. The predicted molar refractivity (Wildman–Crippen MR) is 94.5 cm³/mol. The fourth-order valence-electron chi connectivity index (χ4n) is 4.37. The van der Waals surface area contributed by atoms with Gasteiger partial charge in [-0.15, -0.1) is 10.2 Å². The Morgan fingerprint density at radius 3 is 2.52 bits per heavy atom. The predicted octanol–water partition coefficient (Wildman–Crippen LogP) is 2.92. The Bertz CT molecular complexity index is 936. The van der Waals surface area contributed by atoms with Crippen LogP contribution in [0.1, 0.15) is 44.3 Å². The minimum Gasteiger partial charge on any atom is -0.317 e. The molecule has 1 aromatic heterocycles.